The molecule has 37 heavy (non-hydrogen) atoms. The zero-order valence-corrected chi connectivity index (χ0v) is 24.4. The largest absolute Gasteiger partial charge is 0.490 e. The molecule has 0 N–H and O–H groups in total. The Morgan fingerprint density at radius 2 is 1.78 bits per heavy atom. The average molecular weight is 690 g/mol. The van der Waals surface area contributed by atoms with Crippen molar-refractivity contribution in [1.29, 1.82) is 0 Å². The van der Waals surface area contributed by atoms with Crippen LogP contribution in [0, 0.1) is 3.57 Å². The fourth-order valence-corrected chi connectivity index (χ4v) is 6.54. The Hall–Kier alpha value is -2.25. The average Bonchev–Trinajstić information content (AvgIpc) is 3.11. The number of imide groups is 1. The molecule has 0 spiro atoms. The summed E-state index contributed by atoms with van der Waals surface area (Å²) in [6.07, 6.45) is 1.55. The maximum Gasteiger partial charge on any atom is 0.339 e. The Bertz CT molecular complexity index is 1510. The molecule has 7 nitrogen and oxygen atoms in total. The van der Waals surface area contributed by atoms with E-state index in [4.69, 9.17) is 32.1 Å². The molecule has 1 fully saturated rings. The fraction of sp³-hybridized carbons (Fsp3) is 0.120. The van der Waals surface area contributed by atoms with Crippen LogP contribution in [0.25, 0.3) is 6.08 Å². The second-order valence-electron chi connectivity index (χ2n) is 7.62. The van der Waals surface area contributed by atoms with Gasteiger partial charge < -0.3 is 8.92 Å². The Labute approximate surface area is 242 Å². The molecule has 12 heteroatoms. The summed E-state index contributed by atoms with van der Waals surface area (Å²) in [7, 11) is -4.10. The lowest BCUT2D eigenvalue weighted by atomic mass is 10.1. The van der Waals surface area contributed by atoms with Gasteiger partial charge in [-0.1, -0.05) is 47.5 Å². The molecule has 4 rings (SSSR count). The summed E-state index contributed by atoms with van der Waals surface area (Å²) < 4.78 is 37.1. The molecule has 1 aliphatic heterocycles. The highest BCUT2D eigenvalue weighted by Gasteiger charge is 2.35. The van der Waals surface area contributed by atoms with Crippen LogP contribution in [0.1, 0.15) is 18.1 Å². The highest BCUT2D eigenvalue weighted by molar-refractivity contribution is 14.1. The van der Waals surface area contributed by atoms with Crippen LogP contribution in [-0.2, 0) is 21.5 Å². The van der Waals surface area contributed by atoms with Crippen molar-refractivity contribution in [2.24, 2.45) is 0 Å². The number of carbonyl (C=O) groups is 2. The van der Waals surface area contributed by atoms with Gasteiger partial charge in [-0.05, 0) is 94.9 Å². The maximum absolute atomic E-state index is 13.0. The second kappa shape index (κ2) is 11.6. The van der Waals surface area contributed by atoms with Crippen molar-refractivity contribution in [3.63, 3.8) is 0 Å². The smallest absolute Gasteiger partial charge is 0.339 e. The lowest BCUT2D eigenvalue weighted by Crippen LogP contribution is -2.27. The van der Waals surface area contributed by atoms with E-state index < -0.39 is 21.3 Å². The van der Waals surface area contributed by atoms with Crippen LogP contribution in [0.15, 0.2) is 70.5 Å². The van der Waals surface area contributed by atoms with Crippen LogP contribution < -0.4 is 8.92 Å². The molecule has 0 aromatic heterocycles. The van der Waals surface area contributed by atoms with Crippen molar-refractivity contribution in [2.75, 3.05) is 6.61 Å². The van der Waals surface area contributed by atoms with E-state index in [1.165, 1.54) is 12.1 Å². The monoisotopic (exact) mass is 689 g/mol. The normalized spacial score (nSPS) is 14.9. The van der Waals surface area contributed by atoms with Crippen LogP contribution >= 0.6 is 57.6 Å². The van der Waals surface area contributed by atoms with Gasteiger partial charge in [0, 0.05) is 10.0 Å². The highest BCUT2D eigenvalue weighted by atomic mass is 127. The molecule has 1 heterocycles. The van der Waals surface area contributed by atoms with Crippen molar-refractivity contribution in [2.45, 2.75) is 18.4 Å². The van der Waals surface area contributed by atoms with Crippen LogP contribution in [0.5, 0.6) is 11.5 Å². The molecule has 0 atom stereocenters. The van der Waals surface area contributed by atoms with Gasteiger partial charge in [0.25, 0.3) is 11.1 Å². The summed E-state index contributed by atoms with van der Waals surface area (Å²) in [5.41, 5.74) is 1.12. The van der Waals surface area contributed by atoms with E-state index in [0.29, 0.717) is 24.7 Å². The molecule has 3 aromatic rings. The maximum atomic E-state index is 13.0. The third-order valence-electron chi connectivity index (χ3n) is 5.07. The summed E-state index contributed by atoms with van der Waals surface area (Å²) in [5, 5.41) is 0.370. The number of hydrogen-bond acceptors (Lipinski definition) is 7. The van der Waals surface area contributed by atoms with E-state index in [9.17, 15) is 18.0 Å². The molecular weight excluding hydrogens is 672 g/mol. The standard InChI is InChI=1S/C25H18Cl2INO6S2/c1-2-34-21-11-15(10-20(28)23(21)35-37(32,33)18-6-4-3-5-7-18)12-22-24(30)29(25(31)36-22)14-16-8-9-17(26)13-19(16)27/h3-13H,2,14H2,1H3/b22-12-. The first-order valence-corrected chi connectivity index (χ1v) is 14.8. The lowest BCUT2D eigenvalue weighted by Gasteiger charge is -2.15. The predicted molar refractivity (Wildman–Crippen MR) is 153 cm³/mol. The summed E-state index contributed by atoms with van der Waals surface area (Å²) >= 11 is 14.9. The van der Waals surface area contributed by atoms with Crippen molar-refractivity contribution in [3.05, 3.63) is 90.3 Å². The van der Waals surface area contributed by atoms with Gasteiger partial charge in [0.05, 0.1) is 21.6 Å². The van der Waals surface area contributed by atoms with E-state index in [2.05, 4.69) is 0 Å². The number of thioether (sulfide) groups is 1. The van der Waals surface area contributed by atoms with Crippen LogP contribution in [0.3, 0.4) is 0 Å². The first-order chi connectivity index (χ1) is 17.6. The molecule has 0 bridgehead atoms. The number of carbonyl (C=O) groups excluding carboxylic acids is 2. The van der Waals surface area contributed by atoms with E-state index in [1.54, 1.807) is 61.5 Å². The van der Waals surface area contributed by atoms with E-state index >= 15 is 0 Å². The minimum atomic E-state index is -4.10. The molecule has 1 saturated heterocycles. The Kier molecular flexibility index (Phi) is 8.74. The van der Waals surface area contributed by atoms with Gasteiger partial charge in [-0.2, -0.15) is 8.42 Å². The summed E-state index contributed by atoms with van der Waals surface area (Å²) in [4.78, 5) is 26.9. The molecule has 3 aromatic carbocycles. The second-order valence-corrected chi connectivity index (χ2v) is 12.2. The fourth-order valence-electron chi connectivity index (χ4n) is 3.37. The van der Waals surface area contributed by atoms with Gasteiger partial charge in [0.1, 0.15) is 4.90 Å². The van der Waals surface area contributed by atoms with Crippen molar-refractivity contribution < 1.29 is 26.9 Å². The number of rotatable bonds is 8. The number of hydrogen-bond donors (Lipinski definition) is 0. The summed E-state index contributed by atoms with van der Waals surface area (Å²) in [5.74, 6) is -0.248. The minimum absolute atomic E-state index is 0.00383. The Morgan fingerprint density at radius 1 is 1.05 bits per heavy atom. The first kappa shape index (κ1) is 27.8. The molecular formula is C25H18Cl2INO6S2. The predicted octanol–water partition coefficient (Wildman–Crippen LogP) is 7.00. The van der Waals surface area contributed by atoms with Crippen molar-refractivity contribution in [3.8, 4) is 11.5 Å². The van der Waals surface area contributed by atoms with Crippen molar-refractivity contribution >= 4 is 84.9 Å². The highest BCUT2D eigenvalue weighted by Crippen LogP contribution is 2.39. The van der Waals surface area contributed by atoms with Gasteiger partial charge in [-0.25, -0.2) is 0 Å². The van der Waals surface area contributed by atoms with Gasteiger partial charge in [-0.15, -0.1) is 0 Å². The quantitative estimate of drug-likeness (QED) is 0.143. The van der Waals surface area contributed by atoms with Crippen LogP contribution in [-0.4, -0.2) is 31.1 Å². The molecule has 0 unspecified atom stereocenters. The number of ether oxygens (including phenoxy) is 1. The summed E-state index contributed by atoms with van der Waals surface area (Å²) in [6, 6.07) is 15.8. The Morgan fingerprint density at radius 3 is 2.46 bits per heavy atom. The molecule has 192 valence electrons. The van der Waals surface area contributed by atoms with Gasteiger partial charge >= 0.3 is 10.1 Å². The van der Waals surface area contributed by atoms with Gasteiger partial charge in [0.2, 0.25) is 0 Å². The number of nitrogens with zero attached hydrogens (tertiary/aromatic N) is 1. The van der Waals surface area contributed by atoms with Crippen LogP contribution in [0.4, 0.5) is 4.79 Å². The van der Waals surface area contributed by atoms with Crippen molar-refractivity contribution in [1.82, 2.24) is 4.90 Å². The zero-order chi connectivity index (χ0) is 26.7. The third-order valence-corrected chi connectivity index (χ3v) is 8.60. The first-order valence-electron chi connectivity index (χ1n) is 10.7. The van der Waals surface area contributed by atoms with E-state index in [0.717, 1.165) is 16.7 Å². The summed E-state index contributed by atoms with van der Waals surface area (Å²) in [6.45, 7) is 2.01. The van der Waals surface area contributed by atoms with Gasteiger partial charge in [-0.3, -0.25) is 14.5 Å². The van der Waals surface area contributed by atoms with Gasteiger partial charge in [0.15, 0.2) is 11.5 Å². The third kappa shape index (κ3) is 6.43. The number of halogens is 3. The zero-order valence-electron chi connectivity index (χ0n) is 19.1. The Balaban J connectivity index is 1.62. The molecule has 0 saturated carbocycles. The SMILES string of the molecule is CCOc1cc(/C=C2\SC(=O)N(Cc3ccc(Cl)cc3Cl)C2=O)cc(I)c1OS(=O)(=O)c1ccccc1. The minimum Gasteiger partial charge on any atom is -0.490 e. The van der Waals surface area contributed by atoms with E-state index in [1.807, 2.05) is 22.6 Å². The molecule has 1 aliphatic rings. The number of amides is 2. The molecule has 0 aliphatic carbocycles. The topological polar surface area (TPSA) is 90.0 Å². The number of benzene rings is 3. The van der Waals surface area contributed by atoms with Crippen LogP contribution in [0.2, 0.25) is 10.0 Å². The molecule has 2 amide bonds. The lowest BCUT2D eigenvalue weighted by molar-refractivity contribution is -0.123. The van der Waals surface area contributed by atoms with E-state index in [-0.39, 0.29) is 34.5 Å². The molecule has 0 radical (unpaired) electrons.